The van der Waals surface area contributed by atoms with Gasteiger partial charge in [0.25, 0.3) is 0 Å². The molecule has 0 aliphatic heterocycles. The van der Waals surface area contributed by atoms with E-state index in [-0.39, 0.29) is 12.5 Å². The molecule has 0 aliphatic rings. The van der Waals surface area contributed by atoms with E-state index >= 15 is 0 Å². The average molecular weight is 407 g/mol. The third-order valence-corrected chi connectivity index (χ3v) is 4.42. The SMILES string of the molecule is CCCCCCCCc1cccc(C(OC(C)=O)C(COC(C)=O)NC(C)=O)n1. The molecule has 0 saturated heterocycles. The van der Waals surface area contributed by atoms with Crippen molar-refractivity contribution in [1.82, 2.24) is 10.3 Å². The predicted octanol–water partition coefficient (Wildman–Crippen LogP) is 3.66. The van der Waals surface area contributed by atoms with Crippen molar-refractivity contribution >= 4 is 17.8 Å². The number of nitrogens with zero attached hydrogens (tertiary/aromatic N) is 1. The fraction of sp³-hybridized carbons (Fsp3) is 0.636. The number of unbranched alkanes of at least 4 members (excludes halogenated alkanes) is 5. The van der Waals surface area contributed by atoms with Crippen LogP contribution >= 0.6 is 0 Å². The van der Waals surface area contributed by atoms with E-state index in [0.29, 0.717) is 5.69 Å². The van der Waals surface area contributed by atoms with Crippen molar-refractivity contribution in [2.75, 3.05) is 6.61 Å². The van der Waals surface area contributed by atoms with E-state index in [1.807, 2.05) is 12.1 Å². The van der Waals surface area contributed by atoms with Gasteiger partial charge in [-0.3, -0.25) is 19.4 Å². The summed E-state index contributed by atoms with van der Waals surface area (Å²) < 4.78 is 10.5. The molecule has 1 heterocycles. The summed E-state index contributed by atoms with van der Waals surface area (Å²) in [7, 11) is 0. The Morgan fingerprint density at radius 2 is 1.69 bits per heavy atom. The highest BCUT2D eigenvalue weighted by Gasteiger charge is 2.29. The summed E-state index contributed by atoms with van der Waals surface area (Å²) in [6.45, 7) is 6.02. The molecule has 1 amide bonds. The Bertz CT molecular complexity index is 662. The standard InChI is InChI=1S/C22H34N2O5/c1-5-6-7-8-9-10-12-19-13-11-14-20(24-19)22(29-18(4)27)21(23-16(2)25)15-28-17(3)26/h11,13-14,21-22H,5-10,12,15H2,1-4H3,(H,23,25). The first-order valence-electron chi connectivity index (χ1n) is 10.4. The summed E-state index contributed by atoms with van der Waals surface area (Å²) in [5.74, 6) is -1.30. The van der Waals surface area contributed by atoms with Crippen molar-refractivity contribution in [2.24, 2.45) is 0 Å². The Kier molecular flexibility index (Phi) is 11.6. The number of aryl methyl sites for hydroxylation is 1. The number of hydrogen-bond acceptors (Lipinski definition) is 6. The van der Waals surface area contributed by atoms with Gasteiger partial charge in [0.2, 0.25) is 5.91 Å². The van der Waals surface area contributed by atoms with E-state index in [0.717, 1.165) is 25.0 Å². The number of pyridine rings is 1. The molecule has 0 aliphatic carbocycles. The number of esters is 2. The minimum absolute atomic E-state index is 0.115. The maximum Gasteiger partial charge on any atom is 0.303 e. The number of ether oxygens (including phenoxy) is 2. The molecule has 0 aromatic carbocycles. The third kappa shape index (κ3) is 10.6. The molecule has 1 aromatic heterocycles. The molecule has 1 aromatic rings. The van der Waals surface area contributed by atoms with E-state index in [4.69, 9.17) is 9.47 Å². The lowest BCUT2D eigenvalue weighted by molar-refractivity contribution is -0.152. The fourth-order valence-electron chi connectivity index (χ4n) is 3.08. The number of rotatable bonds is 13. The lowest BCUT2D eigenvalue weighted by Crippen LogP contribution is -2.43. The summed E-state index contributed by atoms with van der Waals surface area (Å²) >= 11 is 0. The van der Waals surface area contributed by atoms with Gasteiger partial charge in [0.05, 0.1) is 5.69 Å². The molecule has 2 atom stereocenters. The lowest BCUT2D eigenvalue weighted by atomic mass is 10.0. The average Bonchev–Trinajstić information content (AvgIpc) is 2.66. The van der Waals surface area contributed by atoms with Crippen molar-refractivity contribution < 1.29 is 23.9 Å². The zero-order valence-corrected chi connectivity index (χ0v) is 18.0. The molecule has 2 unspecified atom stereocenters. The molecule has 0 radical (unpaired) electrons. The maximum absolute atomic E-state index is 11.7. The second-order valence-electron chi connectivity index (χ2n) is 7.21. The van der Waals surface area contributed by atoms with Gasteiger partial charge in [-0.05, 0) is 25.0 Å². The summed E-state index contributed by atoms with van der Waals surface area (Å²) in [5.41, 5.74) is 1.43. The number of aromatic nitrogens is 1. The first-order chi connectivity index (χ1) is 13.8. The van der Waals surface area contributed by atoms with Crippen LogP contribution in [0.1, 0.15) is 83.7 Å². The number of hydrogen-bond donors (Lipinski definition) is 1. The quantitative estimate of drug-likeness (QED) is 0.397. The second kappa shape index (κ2) is 13.7. The molecule has 0 bridgehead atoms. The van der Waals surface area contributed by atoms with Gasteiger partial charge in [0, 0.05) is 26.5 Å². The Labute approximate surface area is 173 Å². The van der Waals surface area contributed by atoms with E-state index in [1.54, 1.807) is 6.07 Å². The summed E-state index contributed by atoms with van der Waals surface area (Å²) in [5, 5.41) is 2.70. The van der Waals surface area contributed by atoms with Crippen LogP contribution in [0.25, 0.3) is 0 Å². The Balaban J connectivity index is 2.90. The number of nitrogens with one attached hydrogen (secondary N) is 1. The van der Waals surface area contributed by atoms with E-state index < -0.39 is 24.1 Å². The van der Waals surface area contributed by atoms with Crippen LogP contribution in [0, 0.1) is 0 Å². The summed E-state index contributed by atoms with van der Waals surface area (Å²) in [4.78, 5) is 39.2. The zero-order valence-electron chi connectivity index (χ0n) is 18.0. The Morgan fingerprint density at radius 3 is 2.31 bits per heavy atom. The van der Waals surface area contributed by atoms with E-state index in [1.165, 1.54) is 46.5 Å². The molecular weight excluding hydrogens is 372 g/mol. The van der Waals surface area contributed by atoms with Crippen LogP contribution in [0.5, 0.6) is 0 Å². The normalized spacial score (nSPS) is 12.7. The van der Waals surface area contributed by atoms with Crippen LogP contribution in [0.3, 0.4) is 0 Å². The van der Waals surface area contributed by atoms with E-state index in [9.17, 15) is 14.4 Å². The molecule has 162 valence electrons. The van der Waals surface area contributed by atoms with Crippen molar-refractivity contribution in [3.8, 4) is 0 Å². The molecule has 0 saturated carbocycles. The maximum atomic E-state index is 11.7. The highest BCUT2D eigenvalue weighted by Crippen LogP contribution is 2.22. The predicted molar refractivity (Wildman–Crippen MR) is 110 cm³/mol. The van der Waals surface area contributed by atoms with Crippen LogP contribution in [0.15, 0.2) is 18.2 Å². The van der Waals surface area contributed by atoms with Gasteiger partial charge in [0.15, 0.2) is 6.10 Å². The first kappa shape index (κ1) is 24.6. The first-order valence-corrected chi connectivity index (χ1v) is 10.4. The van der Waals surface area contributed by atoms with Crippen molar-refractivity contribution in [1.29, 1.82) is 0 Å². The highest BCUT2D eigenvalue weighted by atomic mass is 16.6. The summed E-state index contributed by atoms with van der Waals surface area (Å²) in [6.07, 6.45) is 7.15. The molecule has 0 fully saturated rings. The molecule has 29 heavy (non-hydrogen) atoms. The second-order valence-corrected chi connectivity index (χ2v) is 7.21. The summed E-state index contributed by atoms with van der Waals surface area (Å²) in [6, 6.07) is 4.83. The van der Waals surface area contributed by atoms with Gasteiger partial charge in [-0.25, -0.2) is 0 Å². The van der Waals surface area contributed by atoms with Gasteiger partial charge >= 0.3 is 11.9 Å². The van der Waals surface area contributed by atoms with Crippen LogP contribution in [0.2, 0.25) is 0 Å². The highest BCUT2D eigenvalue weighted by molar-refractivity contribution is 5.73. The smallest absolute Gasteiger partial charge is 0.303 e. The number of carbonyl (C=O) groups excluding carboxylic acids is 3. The van der Waals surface area contributed by atoms with Gasteiger partial charge in [0.1, 0.15) is 12.6 Å². The van der Waals surface area contributed by atoms with Crippen molar-refractivity contribution in [2.45, 2.75) is 84.8 Å². The monoisotopic (exact) mass is 406 g/mol. The van der Waals surface area contributed by atoms with Crippen LogP contribution < -0.4 is 5.32 Å². The van der Waals surface area contributed by atoms with Gasteiger partial charge in [-0.2, -0.15) is 0 Å². The minimum Gasteiger partial charge on any atom is -0.464 e. The van der Waals surface area contributed by atoms with Crippen molar-refractivity contribution in [3.05, 3.63) is 29.6 Å². The molecule has 1 N–H and O–H groups in total. The lowest BCUT2D eigenvalue weighted by Gasteiger charge is -2.26. The molecule has 1 rings (SSSR count). The van der Waals surface area contributed by atoms with Gasteiger partial charge < -0.3 is 14.8 Å². The fourth-order valence-corrected chi connectivity index (χ4v) is 3.08. The molecule has 0 spiro atoms. The zero-order chi connectivity index (χ0) is 21.6. The Hall–Kier alpha value is -2.44. The molecule has 7 heteroatoms. The van der Waals surface area contributed by atoms with Gasteiger partial charge in [-0.1, -0.05) is 45.1 Å². The number of carbonyl (C=O) groups is 3. The largest absolute Gasteiger partial charge is 0.464 e. The van der Waals surface area contributed by atoms with Crippen LogP contribution in [-0.4, -0.2) is 35.5 Å². The third-order valence-electron chi connectivity index (χ3n) is 4.42. The topological polar surface area (TPSA) is 94.6 Å². The minimum atomic E-state index is -0.847. The Morgan fingerprint density at radius 1 is 1.00 bits per heavy atom. The van der Waals surface area contributed by atoms with Gasteiger partial charge in [-0.15, -0.1) is 0 Å². The molecular formula is C22H34N2O5. The van der Waals surface area contributed by atoms with Crippen molar-refractivity contribution in [3.63, 3.8) is 0 Å². The number of amides is 1. The molecule has 7 nitrogen and oxygen atoms in total. The van der Waals surface area contributed by atoms with Crippen LogP contribution in [0.4, 0.5) is 0 Å². The van der Waals surface area contributed by atoms with E-state index in [2.05, 4.69) is 17.2 Å². The van der Waals surface area contributed by atoms with Crippen LogP contribution in [-0.2, 0) is 30.3 Å².